The minimum atomic E-state index is 0.259. The summed E-state index contributed by atoms with van der Waals surface area (Å²) in [5.41, 5.74) is 1.27. The Morgan fingerprint density at radius 3 is 2.90 bits per heavy atom. The number of hydrogen-bond donors (Lipinski definition) is 0. The highest BCUT2D eigenvalue weighted by Gasteiger charge is 2.27. The minimum Gasteiger partial charge on any atom is -0.378 e. The number of rotatable bonds is 4. The molecule has 0 spiro atoms. The van der Waals surface area contributed by atoms with Crippen molar-refractivity contribution in [3.05, 3.63) is 18.0 Å². The quantitative estimate of drug-likeness (QED) is 0.824. The van der Waals surface area contributed by atoms with Crippen LogP contribution in [0.2, 0.25) is 0 Å². The molecule has 0 N–H and O–H groups in total. The Balaban J connectivity index is 1.53. The number of aryl methyl sites for hydroxylation is 1. The summed E-state index contributed by atoms with van der Waals surface area (Å²) in [6, 6.07) is 0.427. The van der Waals surface area contributed by atoms with Crippen LogP contribution >= 0.6 is 0 Å². The molecule has 0 aliphatic carbocycles. The van der Waals surface area contributed by atoms with Crippen molar-refractivity contribution in [2.24, 2.45) is 7.05 Å². The van der Waals surface area contributed by atoms with Crippen molar-refractivity contribution in [1.82, 2.24) is 19.6 Å². The van der Waals surface area contributed by atoms with Gasteiger partial charge in [0.15, 0.2) is 0 Å². The molecule has 21 heavy (non-hydrogen) atoms. The predicted octanol–water partition coefficient (Wildman–Crippen LogP) is 0.806. The molecular formula is C15H24N4O2. The van der Waals surface area contributed by atoms with E-state index in [0.717, 1.165) is 32.6 Å². The molecular weight excluding hydrogens is 268 g/mol. The molecule has 1 amide bonds. The van der Waals surface area contributed by atoms with Gasteiger partial charge in [-0.2, -0.15) is 5.10 Å². The third-order valence-corrected chi connectivity index (χ3v) is 4.45. The number of amides is 1. The first kappa shape index (κ1) is 14.5. The van der Waals surface area contributed by atoms with E-state index in [-0.39, 0.29) is 5.91 Å². The maximum Gasteiger partial charge on any atom is 0.224 e. The summed E-state index contributed by atoms with van der Waals surface area (Å²) in [7, 11) is 1.95. The number of likely N-dealkylation sites (tertiary alicyclic amines) is 1. The standard InChI is InChI=1S/C15H24N4O2/c1-17-12-13(11-16-17)14-3-2-5-18(14)6-4-15(20)19-7-9-21-10-8-19/h11-12,14H,2-10H2,1H3/t14-/m0/s1. The van der Waals surface area contributed by atoms with E-state index in [0.29, 0.717) is 25.7 Å². The Hall–Kier alpha value is -1.40. The molecule has 0 radical (unpaired) electrons. The molecule has 0 unspecified atom stereocenters. The second-order valence-electron chi connectivity index (χ2n) is 5.88. The lowest BCUT2D eigenvalue weighted by Gasteiger charge is -2.29. The SMILES string of the molecule is Cn1cc([C@@H]2CCCN2CCC(=O)N2CCOCC2)cn1. The maximum absolute atomic E-state index is 12.2. The Kier molecular flexibility index (Phi) is 4.55. The number of nitrogens with zero attached hydrogens (tertiary/aromatic N) is 4. The molecule has 2 fully saturated rings. The van der Waals surface area contributed by atoms with Crippen molar-refractivity contribution < 1.29 is 9.53 Å². The van der Waals surface area contributed by atoms with Gasteiger partial charge in [-0.25, -0.2) is 0 Å². The third kappa shape index (κ3) is 3.44. The van der Waals surface area contributed by atoms with Gasteiger partial charge in [0.05, 0.1) is 19.4 Å². The van der Waals surface area contributed by atoms with Crippen LogP contribution in [0.25, 0.3) is 0 Å². The van der Waals surface area contributed by atoms with Gasteiger partial charge in [-0.3, -0.25) is 14.4 Å². The molecule has 116 valence electrons. The zero-order chi connectivity index (χ0) is 14.7. The molecule has 6 heteroatoms. The summed E-state index contributed by atoms with van der Waals surface area (Å²) >= 11 is 0. The molecule has 2 aliphatic rings. The van der Waals surface area contributed by atoms with Gasteiger partial charge in [-0.05, 0) is 19.4 Å². The van der Waals surface area contributed by atoms with Crippen molar-refractivity contribution in [3.8, 4) is 0 Å². The number of morpholine rings is 1. The molecule has 1 aromatic heterocycles. The molecule has 1 atom stereocenters. The summed E-state index contributed by atoms with van der Waals surface area (Å²) in [6.45, 7) is 4.75. The van der Waals surface area contributed by atoms with Crippen LogP contribution in [0.4, 0.5) is 0 Å². The van der Waals surface area contributed by atoms with E-state index >= 15 is 0 Å². The molecule has 6 nitrogen and oxygen atoms in total. The first-order valence-corrected chi connectivity index (χ1v) is 7.82. The van der Waals surface area contributed by atoms with E-state index in [1.165, 1.54) is 12.0 Å². The zero-order valence-electron chi connectivity index (χ0n) is 12.7. The number of aromatic nitrogens is 2. The largest absolute Gasteiger partial charge is 0.378 e. The fraction of sp³-hybridized carbons (Fsp3) is 0.733. The number of carbonyl (C=O) groups is 1. The number of ether oxygens (including phenoxy) is 1. The Morgan fingerprint density at radius 1 is 1.38 bits per heavy atom. The topological polar surface area (TPSA) is 50.6 Å². The minimum absolute atomic E-state index is 0.259. The lowest BCUT2D eigenvalue weighted by Crippen LogP contribution is -2.42. The summed E-state index contributed by atoms with van der Waals surface area (Å²) in [5, 5.41) is 4.27. The predicted molar refractivity (Wildman–Crippen MR) is 78.8 cm³/mol. The van der Waals surface area contributed by atoms with E-state index in [1.54, 1.807) is 0 Å². The van der Waals surface area contributed by atoms with Gasteiger partial charge in [-0.1, -0.05) is 0 Å². The highest BCUT2D eigenvalue weighted by atomic mass is 16.5. The van der Waals surface area contributed by atoms with E-state index < -0.39 is 0 Å². The molecule has 2 aliphatic heterocycles. The molecule has 3 rings (SSSR count). The smallest absolute Gasteiger partial charge is 0.224 e. The number of carbonyl (C=O) groups excluding carboxylic acids is 1. The number of hydrogen-bond acceptors (Lipinski definition) is 4. The van der Waals surface area contributed by atoms with Gasteiger partial charge in [0, 0.05) is 50.9 Å². The average Bonchev–Trinajstić information content (AvgIpc) is 3.14. The van der Waals surface area contributed by atoms with Crippen LogP contribution in [-0.4, -0.2) is 64.9 Å². The van der Waals surface area contributed by atoms with Crippen molar-refractivity contribution in [2.75, 3.05) is 39.4 Å². The summed E-state index contributed by atoms with van der Waals surface area (Å²) < 4.78 is 7.14. The van der Waals surface area contributed by atoms with E-state index in [9.17, 15) is 4.79 Å². The molecule has 1 aromatic rings. The highest BCUT2D eigenvalue weighted by molar-refractivity contribution is 5.76. The van der Waals surface area contributed by atoms with E-state index in [2.05, 4.69) is 16.2 Å². The molecule has 0 saturated carbocycles. The fourth-order valence-corrected chi connectivity index (χ4v) is 3.29. The normalized spacial score (nSPS) is 23.7. The van der Waals surface area contributed by atoms with Gasteiger partial charge < -0.3 is 9.64 Å². The maximum atomic E-state index is 12.2. The fourth-order valence-electron chi connectivity index (χ4n) is 3.29. The zero-order valence-corrected chi connectivity index (χ0v) is 12.7. The Morgan fingerprint density at radius 2 is 2.19 bits per heavy atom. The first-order chi connectivity index (χ1) is 10.2. The second kappa shape index (κ2) is 6.58. The van der Waals surface area contributed by atoms with Crippen LogP contribution in [-0.2, 0) is 16.6 Å². The molecule has 0 bridgehead atoms. The first-order valence-electron chi connectivity index (χ1n) is 7.82. The molecule has 0 aromatic carbocycles. The van der Waals surface area contributed by atoms with Gasteiger partial charge >= 0.3 is 0 Å². The van der Waals surface area contributed by atoms with Crippen LogP contribution in [0.15, 0.2) is 12.4 Å². The van der Waals surface area contributed by atoms with Gasteiger partial charge in [-0.15, -0.1) is 0 Å². The molecule has 2 saturated heterocycles. The third-order valence-electron chi connectivity index (χ3n) is 4.45. The van der Waals surface area contributed by atoms with Crippen LogP contribution in [0.5, 0.6) is 0 Å². The Labute approximate surface area is 125 Å². The van der Waals surface area contributed by atoms with Crippen LogP contribution < -0.4 is 0 Å². The van der Waals surface area contributed by atoms with Gasteiger partial charge in [0.2, 0.25) is 5.91 Å². The van der Waals surface area contributed by atoms with Crippen molar-refractivity contribution in [2.45, 2.75) is 25.3 Å². The van der Waals surface area contributed by atoms with Crippen LogP contribution in [0.1, 0.15) is 30.9 Å². The van der Waals surface area contributed by atoms with Gasteiger partial charge in [0.1, 0.15) is 0 Å². The van der Waals surface area contributed by atoms with Crippen molar-refractivity contribution in [1.29, 1.82) is 0 Å². The van der Waals surface area contributed by atoms with Crippen molar-refractivity contribution >= 4 is 5.91 Å². The monoisotopic (exact) mass is 292 g/mol. The summed E-state index contributed by atoms with van der Waals surface area (Å²) in [5.74, 6) is 0.259. The van der Waals surface area contributed by atoms with Crippen molar-refractivity contribution in [3.63, 3.8) is 0 Å². The van der Waals surface area contributed by atoms with E-state index in [4.69, 9.17) is 4.74 Å². The Bertz CT molecular complexity index is 482. The highest BCUT2D eigenvalue weighted by Crippen LogP contribution is 2.31. The van der Waals surface area contributed by atoms with Gasteiger partial charge in [0.25, 0.3) is 0 Å². The van der Waals surface area contributed by atoms with Crippen LogP contribution in [0.3, 0.4) is 0 Å². The summed E-state index contributed by atoms with van der Waals surface area (Å²) in [6.07, 6.45) is 7.01. The van der Waals surface area contributed by atoms with E-state index in [1.807, 2.05) is 22.8 Å². The lowest BCUT2D eigenvalue weighted by atomic mass is 10.1. The molecule has 3 heterocycles. The second-order valence-corrected chi connectivity index (χ2v) is 5.88. The van der Waals surface area contributed by atoms with Crippen LogP contribution in [0, 0.1) is 0 Å². The summed E-state index contributed by atoms with van der Waals surface area (Å²) in [4.78, 5) is 16.6. The lowest BCUT2D eigenvalue weighted by molar-refractivity contribution is -0.135. The average molecular weight is 292 g/mol.